The summed E-state index contributed by atoms with van der Waals surface area (Å²) in [6.07, 6.45) is 6.05. The third kappa shape index (κ3) is 6.54. The van der Waals surface area contributed by atoms with E-state index in [1.807, 2.05) is 24.3 Å². The van der Waals surface area contributed by atoms with E-state index in [1.54, 1.807) is 0 Å². The predicted molar refractivity (Wildman–Crippen MR) is 73.7 cm³/mol. The summed E-state index contributed by atoms with van der Waals surface area (Å²) < 4.78 is 5.60. The molecule has 0 radical (unpaired) electrons. The van der Waals surface area contributed by atoms with Crippen LogP contribution in [0, 0.1) is 0 Å². The number of rotatable bonds is 8. The van der Waals surface area contributed by atoms with E-state index in [4.69, 9.17) is 22.1 Å². The summed E-state index contributed by atoms with van der Waals surface area (Å²) >= 11 is 5.79. The summed E-state index contributed by atoms with van der Waals surface area (Å²) in [6, 6.07) is 7.51. The van der Waals surface area contributed by atoms with Crippen LogP contribution >= 0.6 is 11.6 Å². The van der Waals surface area contributed by atoms with Gasteiger partial charge < -0.3 is 10.5 Å². The number of hydrogen-bond donors (Lipinski definition) is 1. The van der Waals surface area contributed by atoms with E-state index in [0.29, 0.717) is 6.61 Å². The number of unbranched alkanes of at least 4 members (excludes halogenated alkanes) is 3. The summed E-state index contributed by atoms with van der Waals surface area (Å²) in [4.78, 5) is 0. The fraction of sp³-hybridized carbons (Fsp3) is 0.571. The summed E-state index contributed by atoms with van der Waals surface area (Å²) in [5, 5.41) is 0.723. The molecule has 0 saturated heterocycles. The van der Waals surface area contributed by atoms with Gasteiger partial charge in [-0.25, -0.2) is 0 Å². The molecule has 17 heavy (non-hydrogen) atoms. The molecule has 1 atom stereocenters. The zero-order chi connectivity index (χ0) is 12.5. The van der Waals surface area contributed by atoms with Gasteiger partial charge >= 0.3 is 0 Å². The Morgan fingerprint density at radius 2 is 1.88 bits per heavy atom. The average Bonchev–Trinajstić information content (AvgIpc) is 2.34. The molecule has 0 bridgehead atoms. The highest BCUT2D eigenvalue weighted by Gasteiger charge is 2.03. The second-order valence-electron chi connectivity index (χ2n) is 4.37. The van der Waals surface area contributed by atoms with Crippen molar-refractivity contribution in [3.63, 3.8) is 0 Å². The molecule has 0 saturated carbocycles. The number of halogens is 1. The van der Waals surface area contributed by atoms with Crippen molar-refractivity contribution in [3.05, 3.63) is 29.3 Å². The Kier molecular flexibility index (Phi) is 7.06. The molecule has 0 amide bonds. The molecule has 2 nitrogen and oxygen atoms in total. The Balaban J connectivity index is 2.14. The molecule has 0 fully saturated rings. The normalized spacial score (nSPS) is 12.4. The van der Waals surface area contributed by atoms with Crippen molar-refractivity contribution in [2.75, 3.05) is 6.61 Å². The van der Waals surface area contributed by atoms with Gasteiger partial charge in [-0.05, 0) is 30.7 Å². The smallest absolute Gasteiger partial charge is 0.119 e. The molecule has 0 aliphatic rings. The van der Waals surface area contributed by atoms with Crippen LogP contribution in [0.3, 0.4) is 0 Å². The van der Waals surface area contributed by atoms with E-state index in [0.717, 1.165) is 17.2 Å². The molecule has 0 aromatic heterocycles. The molecule has 0 aliphatic heterocycles. The largest absolute Gasteiger partial charge is 0.492 e. The zero-order valence-corrected chi connectivity index (χ0v) is 11.2. The molecule has 1 rings (SSSR count). The van der Waals surface area contributed by atoms with Crippen molar-refractivity contribution in [2.45, 2.75) is 45.1 Å². The van der Waals surface area contributed by atoms with E-state index < -0.39 is 0 Å². The van der Waals surface area contributed by atoms with E-state index in [9.17, 15) is 0 Å². The maximum atomic E-state index is 5.98. The summed E-state index contributed by atoms with van der Waals surface area (Å²) in [7, 11) is 0. The molecule has 1 unspecified atom stereocenters. The first-order valence-electron chi connectivity index (χ1n) is 6.36. The minimum absolute atomic E-state index is 0.127. The van der Waals surface area contributed by atoms with E-state index in [2.05, 4.69) is 6.92 Å². The summed E-state index contributed by atoms with van der Waals surface area (Å²) in [6.45, 7) is 2.79. The van der Waals surface area contributed by atoms with Crippen molar-refractivity contribution in [2.24, 2.45) is 5.73 Å². The van der Waals surface area contributed by atoms with Gasteiger partial charge in [-0.2, -0.15) is 0 Å². The number of hydrogen-bond acceptors (Lipinski definition) is 2. The third-order valence-corrected chi connectivity index (χ3v) is 2.96. The van der Waals surface area contributed by atoms with Crippen molar-refractivity contribution < 1.29 is 4.74 Å². The predicted octanol–water partition coefficient (Wildman–Crippen LogP) is 4.02. The van der Waals surface area contributed by atoms with Gasteiger partial charge in [0.2, 0.25) is 0 Å². The molecule has 96 valence electrons. The van der Waals surface area contributed by atoms with Crippen LogP contribution in [0.5, 0.6) is 5.75 Å². The fourth-order valence-corrected chi connectivity index (χ4v) is 1.78. The van der Waals surface area contributed by atoms with Crippen LogP contribution < -0.4 is 10.5 Å². The van der Waals surface area contributed by atoms with Crippen LogP contribution in [0.15, 0.2) is 24.3 Å². The van der Waals surface area contributed by atoms with Crippen molar-refractivity contribution >= 4 is 11.6 Å². The molecule has 3 heteroatoms. The SMILES string of the molecule is CCCCCCC(N)COc1ccc(Cl)cc1. The Morgan fingerprint density at radius 1 is 1.18 bits per heavy atom. The van der Waals surface area contributed by atoms with Gasteiger partial charge in [0.1, 0.15) is 12.4 Å². The lowest BCUT2D eigenvalue weighted by Crippen LogP contribution is -2.27. The minimum atomic E-state index is 0.127. The highest BCUT2D eigenvalue weighted by molar-refractivity contribution is 6.30. The molecule has 0 spiro atoms. The second kappa shape index (κ2) is 8.37. The standard InChI is InChI=1S/C14H22ClNO/c1-2-3-4-5-6-13(16)11-17-14-9-7-12(15)8-10-14/h7-10,13H,2-6,11,16H2,1H3. The highest BCUT2D eigenvalue weighted by Crippen LogP contribution is 2.15. The van der Waals surface area contributed by atoms with Gasteiger partial charge in [-0.3, -0.25) is 0 Å². The number of nitrogens with two attached hydrogens (primary N) is 1. The number of benzene rings is 1. The summed E-state index contributed by atoms with van der Waals surface area (Å²) in [5.41, 5.74) is 5.98. The maximum Gasteiger partial charge on any atom is 0.119 e. The van der Waals surface area contributed by atoms with E-state index in [-0.39, 0.29) is 6.04 Å². The van der Waals surface area contributed by atoms with Gasteiger partial charge in [-0.1, -0.05) is 44.2 Å². The maximum absolute atomic E-state index is 5.98. The van der Waals surface area contributed by atoms with Gasteiger partial charge in [0.15, 0.2) is 0 Å². The van der Waals surface area contributed by atoms with Gasteiger partial charge in [-0.15, -0.1) is 0 Å². The first-order chi connectivity index (χ1) is 8.22. The van der Waals surface area contributed by atoms with Gasteiger partial charge in [0.05, 0.1) is 0 Å². The molecule has 1 aromatic rings. The molecular weight excluding hydrogens is 234 g/mol. The second-order valence-corrected chi connectivity index (χ2v) is 4.81. The third-order valence-electron chi connectivity index (χ3n) is 2.71. The lowest BCUT2D eigenvalue weighted by atomic mass is 10.1. The quantitative estimate of drug-likeness (QED) is 0.712. The average molecular weight is 256 g/mol. The molecule has 2 N–H and O–H groups in total. The Hall–Kier alpha value is -0.730. The molecule has 1 aromatic carbocycles. The Labute approximate surface area is 109 Å². The van der Waals surface area contributed by atoms with Crippen molar-refractivity contribution in [3.8, 4) is 5.75 Å². The van der Waals surface area contributed by atoms with Crippen LogP contribution in [0.1, 0.15) is 39.0 Å². The van der Waals surface area contributed by atoms with Crippen LogP contribution in [0.2, 0.25) is 5.02 Å². The minimum Gasteiger partial charge on any atom is -0.492 e. The fourth-order valence-electron chi connectivity index (χ4n) is 1.65. The molecule has 0 heterocycles. The van der Waals surface area contributed by atoms with Crippen LogP contribution in [0.25, 0.3) is 0 Å². The van der Waals surface area contributed by atoms with Crippen LogP contribution in [-0.4, -0.2) is 12.6 Å². The van der Waals surface area contributed by atoms with Crippen LogP contribution in [-0.2, 0) is 0 Å². The zero-order valence-electron chi connectivity index (χ0n) is 10.5. The molecular formula is C14H22ClNO. The lowest BCUT2D eigenvalue weighted by Gasteiger charge is -2.13. The van der Waals surface area contributed by atoms with Crippen molar-refractivity contribution in [1.29, 1.82) is 0 Å². The molecule has 0 aliphatic carbocycles. The highest BCUT2D eigenvalue weighted by atomic mass is 35.5. The lowest BCUT2D eigenvalue weighted by molar-refractivity contribution is 0.279. The van der Waals surface area contributed by atoms with Gasteiger partial charge in [0, 0.05) is 11.1 Å². The van der Waals surface area contributed by atoms with Crippen LogP contribution in [0.4, 0.5) is 0 Å². The Bertz CT molecular complexity index is 300. The number of ether oxygens (including phenoxy) is 1. The van der Waals surface area contributed by atoms with E-state index in [1.165, 1.54) is 25.7 Å². The van der Waals surface area contributed by atoms with Gasteiger partial charge in [0.25, 0.3) is 0 Å². The summed E-state index contributed by atoms with van der Waals surface area (Å²) in [5.74, 6) is 0.832. The monoisotopic (exact) mass is 255 g/mol. The first-order valence-corrected chi connectivity index (χ1v) is 6.74. The first kappa shape index (κ1) is 14.3. The topological polar surface area (TPSA) is 35.2 Å². The van der Waals surface area contributed by atoms with Crippen molar-refractivity contribution in [1.82, 2.24) is 0 Å². The Morgan fingerprint density at radius 3 is 2.53 bits per heavy atom. The van der Waals surface area contributed by atoms with E-state index >= 15 is 0 Å².